The summed E-state index contributed by atoms with van der Waals surface area (Å²) in [6, 6.07) is 13.0. The summed E-state index contributed by atoms with van der Waals surface area (Å²) >= 11 is 0. The van der Waals surface area contributed by atoms with E-state index in [1.54, 1.807) is 12.1 Å². The van der Waals surface area contributed by atoms with Gasteiger partial charge in [-0.25, -0.2) is 0 Å². The molecule has 0 saturated carbocycles. The van der Waals surface area contributed by atoms with E-state index in [2.05, 4.69) is 10.7 Å². The average Bonchev–Trinajstić information content (AvgIpc) is 2.47. The molecular weight excluding hydrogens is 264 g/mol. The summed E-state index contributed by atoms with van der Waals surface area (Å²) in [7, 11) is 3.88. The second-order valence-electron chi connectivity index (χ2n) is 5.04. The SMILES string of the molecule is Cc1cc(C(=O)Nc2ccccc2N(C)C)ccc1NN. The predicted octanol–water partition coefficient (Wildman–Crippen LogP) is 2.60. The van der Waals surface area contributed by atoms with Crippen LogP contribution in [0.1, 0.15) is 15.9 Å². The first-order valence-corrected chi connectivity index (χ1v) is 6.68. The van der Waals surface area contributed by atoms with E-state index >= 15 is 0 Å². The molecular formula is C16H20N4O. The van der Waals surface area contributed by atoms with Crippen molar-refractivity contribution in [3.05, 3.63) is 53.6 Å². The number of nitrogen functional groups attached to an aromatic ring is 1. The second-order valence-corrected chi connectivity index (χ2v) is 5.04. The predicted molar refractivity (Wildman–Crippen MR) is 87.7 cm³/mol. The molecule has 0 radical (unpaired) electrons. The number of anilines is 3. The summed E-state index contributed by atoms with van der Waals surface area (Å²) in [5.74, 6) is 5.25. The summed E-state index contributed by atoms with van der Waals surface area (Å²) in [5.41, 5.74) is 6.67. The van der Waals surface area contributed by atoms with Crippen molar-refractivity contribution in [2.24, 2.45) is 5.84 Å². The summed E-state index contributed by atoms with van der Waals surface area (Å²) in [5, 5.41) is 2.94. The average molecular weight is 284 g/mol. The number of nitrogens with zero attached hydrogens (tertiary/aromatic N) is 1. The van der Waals surface area contributed by atoms with Crippen molar-refractivity contribution in [3.8, 4) is 0 Å². The molecule has 2 aromatic rings. The zero-order chi connectivity index (χ0) is 15.4. The Morgan fingerprint density at radius 3 is 2.43 bits per heavy atom. The first-order valence-electron chi connectivity index (χ1n) is 6.68. The van der Waals surface area contributed by atoms with E-state index in [0.29, 0.717) is 5.56 Å². The zero-order valence-electron chi connectivity index (χ0n) is 12.5. The molecule has 0 aromatic heterocycles. The monoisotopic (exact) mass is 284 g/mol. The van der Waals surface area contributed by atoms with E-state index in [0.717, 1.165) is 22.6 Å². The van der Waals surface area contributed by atoms with Crippen molar-refractivity contribution in [1.82, 2.24) is 0 Å². The van der Waals surface area contributed by atoms with Gasteiger partial charge in [-0.15, -0.1) is 0 Å². The van der Waals surface area contributed by atoms with Crippen LogP contribution in [0.25, 0.3) is 0 Å². The van der Waals surface area contributed by atoms with E-state index in [1.165, 1.54) is 0 Å². The number of amides is 1. The van der Waals surface area contributed by atoms with Crippen LogP contribution in [-0.2, 0) is 0 Å². The van der Waals surface area contributed by atoms with Crippen LogP contribution in [0.5, 0.6) is 0 Å². The van der Waals surface area contributed by atoms with Gasteiger partial charge in [-0.05, 0) is 42.8 Å². The first-order chi connectivity index (χ1) is 10.0. The fourth-order valence-corrected chi connectivity index (χ4v) is 2.13. The Balaban J connectivity index is 2.24. The third-order valence-electron chi connectivity index (χ3n) is 3.28. The van der Waals surface area contributed by atoms with E-state index in [4.69, 9.17) is 5.84 Å². The fourth-order valence-electron chi connectivity index (χ4n) is 2.13. The highest BCUT2D eigenvalue weighted by Crippen LogP contribution is 2.24. The third-order valence-corrected chi connectivity index (χ3v) is 3.28. The summed E-state index contributed by atoms with van der Waals surface area (Å²) < 4.78 is 0. The van der Waals surface area contributed by atoms with Crippen molar-refractivity contribution in [3.63, 3.8) is 0 Å². The molecule has 1 amide bonds. The van der Waals surface area contributed by atoms with E-state index in [9.17, 15) is 4.79 Å². The largest absolute Gasteiger partial charge is 0.376 e. The smallest absolute Gasteiger partial charge is 0.255 e. The Hall–Kier alpha value is -2.53. The summed E-state index contributed by atoms with van der Waals surface area (Å²) in [6.45, 7) is 1.90. The zero-order valence-corrected chi connectivity index (χ0v) is 12.5. The molecule has 5 heteroatoms. The molecule has 21 heavy (non-hydrogen) atoms. The lowest BCUT2D eigenvalue weighted by Gasteiger charge is -2.18. The van der Waals surface area contributed by atoms with Crippen LogP contribution in [0.4, 0.5) is 17.1 Å². The van der Waals surface area contributed by atoms with Gasteiger partial charge in [0, 0.05) is 19.7 Å². The standard InChI is InChI=1S/C16H20N4O/c1-11-10-12(8-9-13(11)19-17)16(21)18-14-6-4-5-7-15(14)20(2)3/h4-10,19H,17H2,1-3H3,(H,18,21). The van der Waals surface area contributed by atoms with E-state index < -0.39 is 0 Å². The van der Waals surface area contributed by atoms with E-state index in [-0.39, 0.29) is 5.91 Å². The number of aryl methyl sites for hydroxylation is 1. The normalized spacial score (nSPS) is 10.1. The lowest BCUT2D eigenvalue weighted by Crippen LogP contribution is -2.17. The molecule has 0 aliphatic carbocycles. The van der Waals surface area contributed by atoms with Crippen molar-refractivity contribution in [2.45, 2.75) is 6.92 Å². The maximum absolute atomic E-state index is 12.4. The Morgan fingerprint density at radius 2 is 1.81 bits per heavy atom. The van der Waals surface area contributed by atoms with Crippen LogP contribution in [0.3, 0.4) is 0 Å². The number of benzene rings is 2. The lowest BCUT2D eigenvalue weighted by molar-refractivity contribution is 0.102. The Kier molecular flexibility index (Phi) is 4.45. The molecule has 0 bridgehead atoms. The van der Waals surface area contributed by atoms with Crippen molar-refractivity contribution >= 4 is 23.0 Å². The van der Waals surface area contributed by atoms with E-state index in [1.807, 2.05) is 56.3 Å². The molecule has 0 aliphatic rings. The number of para-hydroxylation sites is 2. The van der Waals surface area contributed by atoms with Gasteiger partial charge in [-0.3, -0.25) is 10.6 Å². The van der Waals surface area contributed by atoms with Gasteiger partial charge < -0.3 is 15.6 Å². The minimum atomic E-state index is -0.143. The summed E-state index contributed by atoms with van der Waals surface area (Å²) in [4.78, 5) is 14.3. The number of nitrogens with one attached hydrogen (secondary N) is 2. The quantitative estimate of drug-likeness (QED) is 0.596. The van der Waals surface area contributed by atoms with Gasteiger partial charge in [0.25, 0.3) is 5.91 Å². The number of rotatable bonds is 4. The molecule has 0 saturated heterocycles. The lowest BCUT2D eigenvalue weighted by atomic mass is 10.1. The summed E-state index contributed by atoms with van der Waals surface area (Å²) in [6.07, 6.45) is 0. The molecule has 2 rings (SSSR count). The number of hydrogen-bond acceptors (Lipinski definition) is 4. The van der Waals surface area contributed by atoms with Crippen molar-refractivity contribution in [1.29, 1.82) is 0 Å². The van der Waals surface area contributed by atoms with Gasteiger partial charge in [-0.1, -0.05) is 12.1 Å². The highest BCUT2D eigenvalue weighted by Gasteiger charge is 2.11. The van der Waals surface area contributed by atoms with Crippen LogP contribution in [0, 0.1) is 6.92 Å². The minimum Gasteiger partial charge on any atom is -0.376 e. The van der Waals surface area contributed by atoms with Gasteiger partial charge in [0.2, 0.25) is 0 Å². The topological polar surface area (TPSA) is 70.4 Å². The number of carbonyl (C=O) groups excluding carboxylic acids is 1. The number of hydrogen-bond donors (Lipinski definition) is 3. The third kappa shape index (κ3) is 3.32. The van der Waals surface area contributed by atoms with Gasteiger partial charge in [0.05, 0.1) is 17.1 Å². The minimum absolute atomic E-state index is 0.143. The highest BCUT2D eigenvalue weighted by molar-refractivity contribution is 6.06. The fraction of sp³-hybridized carbons (Fsp3) is 0.188. The molecule has 0 fully saturated rings. The van der Waals surface area contributed by atoms with Crippen LogP contribution < -0.4 is 21.5 Å². The molecule has 0 spiro atoms. The highest BCUT2D eigenvalue weighted by atomic mass is 16.1. The van der Waals surface area contributed by atoms with Gasteiger partial charge >= 0.3 is 0 Å². The molecule has 0 atom stereocenters. The molecule has 5 nitrogen and oxygen atoms in total. The molecule has 0 unspecified atom stereocenters. The van der Waals surface area contributed by atoms with Gasteiger partial charge in [0.1, 0.15) is 0 Å². The van der Waals surface area contributed by atoms with Crippen molar-refractivity contribution in [2.75, 3.05) is 29.7 Å². The maximum atomic E-state index is 12.4. The number of carbonyl (C=O) groups is 1. The molecule has 110 valence electrons. The molecule has 2 aromatic carbocycles. The van der Waals surface area contributed by atoms with Crippen molar-refractivity contribution < 1.29 is 4.79 Å². The molecule has 0 heterocycles. The number of nitrogens with two attached hydrogens (primary N) is 1. The molecule has 4 N–H and O–H groups in total. The van der Waals surface area contributed by atoms with Crippen LogP contribution in [-0.4, -0.2) is 20.0 Å². The van der Waals surface area contributed by atoms with Crippen LogP contribution in [0.15, 0.2) is 42.5 Å². The maximum Gasteiger partial charge on any atom is 0.255 e. The second kappa shape index (κ2) is 6.28. The molecule has 0 aliphatic heterocycles. The Bertz CT molecular complexity index is 652. The van der Waals surface area contributed by atoms with Gasteiger partial charge in [0.15, 0.2) is 0 Å². The van der Waals surface area contributed by atoms with Crippen LogP contribution >= 0.6 is 0 Å². The Labute approximate surface area is 124 Å². The van der Waals surface area contributed by atoms with Crippen LogP contribution in [0.2, 0.25) is 0 Å². The first kappa shape index (κ1) is 14.9. The van der Waals surface area contributed by atoms with Gasteiger partial charge in [-0.2, -0.15) is 0 Å². The number of hydrazine groups is 1. The Morgan fingerprint density at radius 1 is 1.10 bits per heavy atom.